The van der Waals surface area contributed by atoms with Crippen molar-refractivity contribution >= 4 is 6.20 Å². The maximum Gasteiger partial charge on any atom is 0.133 e. The molecular formula is C15H13N3. The highest BCUT2D eigenvalue weighted by Crippen LogP contribution is 2.21. The zero-order chi connectivity index (χ0) is 12.5. The van der Waals surface area contributed by atoms with Crippen LogP contribution in [0.15, 0.2) is 36.7 Å². The number of nitrogens with zero attached hydrogens (tertiary/aromatic N) is 3. The van der Waals surface area contributed by atoms with E-state index in [-0.39, 0.29) is 0 Å². The van der Waals surface area contributed by atoms with Gasteiger partial charge in [0.05, 0.1) is 12.2 Å². The summed E-state index contributed by atoms with van der Waals surface area (Å²) in [4.78, 5) is 6.75. The van der Waals surface area contributed by atoms with Crippen molar-refractivity contribution in [2.45, 2.75) is 6.54 Å². The number of aromatic nitrogens is 2. The standard InChI is InChI=1S/C15H13N3/c1-3-12-4-6-13(7-5-12)14-10-18-9-8-17(2)11-15(18)16-14/h1,4-10H,11H2,2H3. The number of imidazole rings is 1. The molecule has 0 aliphatic carbocycles. The fourth-order valence-corrected chi connectivity index (χ4v) is 2.02. The molecule has 0 N–H and O–H groups in total. The van der Waals surface area contributed by atoms with Crippen LogP contribution in [0.2, 0.25) is 0 Å². The second kappa shape index (κ2) is 4.08. The predicted molar refractivity (Wildman–Crippen MR) is 72.4 cm³/mol. The Labute approximate surface area is 106 Å². The second-order valence-electron chi connectivity index (χ2n) is 4.38. The lowest BCUT2D eigenvalue weighted by molar-refractivity contribution is 0.424. The van der Waals surface area contributed by atoms with Crippen LogP contribution in [0.4, 0.5) is 0 Å². The van der Waals surface area contributed by atoms with Crippen molar-refractivity contribution < 1.29 is 0 Å². The highest BCUT2D eigenvalue weighted by atomic mass is 15.2. The molecule has 1 aliphatic rings. The Hall–Kier alpha value is -2.47. The van der Waals surface area contributed by atoms with E-state index in [2.05, 4.69) is 20.4 Å². The van der Waals surface area contributed by atoms with E-state index in [9.17, 15) is 0 Å². The summed E-state index contributed by atoms with van der Waals surface area (Å²) in [6.45, 7) is 0.832. The second-order valence-corrected chi connectivity index (χ2v) is 4.38. The smallest absolute Gasteiger partial charge is 0.133 e. The summed E-state index contributed by atoms with van der Waals surface area (Å²) in [5.74, 6) is 3.67. The number of hydrogen-bond acceptors (Lipinski definition) is 2. The molecule has 0 saturated heterocycles. The Morgan fingerprint density at radius 1 is 1.22 bits per heavy atom. The Bertz CT molecular complexity index is 641. The average Bonchev–Trinajstić information content (AvgIpc) is 2.81. The van der Waals surface area contributed by atoms with Crippen LogP contribution in [0, 0.1) is 12.3 Å². The topological polar surface area (TPSA) is 21.1 Å². The number of terminal acetylenes is 1. The molecule has 3 nitrogen and oxygen atoms in total. The summed E-state index contributed by atoms with van der Waals surface area (Å²) in [5.41, 5.74) is 2.96. The molecule has 1 aliphatic heterocycles. The van der Waals surface area contributed by atoms with Crippen molar-refractivity contribution in [3.8, 4) is 23.6 Å². The van der Waals surface area contributed by atoms with E-state index in [1.54, 1.807) is 0 Å². The SMILES string of the molecule is C#Cc1ccc(-c2cn3c(n2)CN(C)C=C3)cc1. The normalized spacial score (nSPS) is 13.2. The van der Waals surface area contributed by atoms with Gasteiger partial charge in [-0.1, -0.05) is 18.1 Å². The van der Waals surface area contributed by atoms with E-state index >= 15 is 0 Å². The summed E-state index contributed by atoms with van der Waals surface area (Å²) < 4.78 is 2.06. The van der Waals surface area contributed by atoms with Crippen LogP contribution in [0.25, 0.3) is 17.5 Å². The van der Waals surface area contributed by atoms with E-state index in [1.165, 1.54) is 0 Å². The fourth-order valence-electron chi connectivity index (χ4n) is 2.02. The summed E-state index contributed by atoms with van der Waals surface area (Å²) in [6.07, 6.45) is 11.5. The molecule has 2 aromatic rings. The highest BCUT2D eigenvalue weighted by molar-refractivity contribution is 5.61. The van der Waals surface area contributed by atoms with Gasteiger partial charge in [-0.25, -0.2) is 4.98 Å². The molecule has 3 rings (SSSR count). The molecular weight excluding hydrogens is 222 g/mol. The first-order chi connectivity index (χ1) is 8.76. The zero-order valence-electron chi connectivity index (χ0n) is 10.2. The van der Waals surface area contributed by atoms with Gasteiger partial charge in [-0.15, -0.1) is 6.42 Å². The lowest BCUT2D eigenvalue weighted by Gasteiger charge is -2.17. The number of fused-ring (bicyclic) bond motifs is 1. The Kier molecular flexibility index (Phi) is 2.42. The molecule has 0 atom stereocenters. The van der Waals surface area contributed by atoms with Gasteiger partial charge in [0.1, 0.15) is 5.82 Å². The Balaban J connectivity index is 1.98. The lowest BCUT2D eigenvalue weighted by atomic mass is 10.1. The average molecular weight is 235 g/mol. The first-order valence-electron chi connectivity index (χ1n) is 5.79. The zero-order valence-corrected chi connectivity index (χ0v) is 10.2. The Morgan fingerprint density at radius 2 is 2.00 bits per heavy atom. The minimum Gasteiger partial charge on any atom is -0.372 e. The molecule has 3 heteroatoms. The van der Waals surface area contributed by atoms with Gasteiger partial charge in [0, 0.05) is 36.8 Å². The van der Waals surface area contributed by atoms with Gasteiger partial charge in [0.25, 0.3) is 0 Å². The van der Waals surface area contributed by atoms with Crippen molar-refractivity contribution in [1.82, 2.24) is 14.5 Å². The molecule has 18 heavy (non-hydrogen) atoms. The third kappa shape index (κ3) is 1.78. The van der Waals surface area contributed by atoms with Crippen LogP contribution in [0.3, 0.4) is 0 Å². The first-order valence-corrected chi connectivity index (χ1v) is 5.79. The van der Waals surface area contributed by atoms with Gasteiger partial charge >= 0.3 is 0 Å². The van der Waals surface area contributed by atoms with Crippen LogP contribution in [0.5, 0.6) is 0 Å². The van der Waals surface area contributed by atoms with E-state index in [0.29, 0.717) is 0 Å². The predicted octanol–water partition coefficient (Wildman–Crippen LogP) is 2.41. The molecule has 0 saturated carbocycles. The van der Waals surface area contributed by atoms with Gasteiger partial charge < -0.3 is 9.47 Å². The van der Waals surface area contributed by atoms with Crippen LogP contribution in [0.1, 0.15) is 11.4 Å². The lowest BCUT2D eigenvalue weighted by Crippen LogP contribution is -2.17. The van der Waals surface area contributed by atoms with Crippen molar-refractivity contribution in [2.24, 2.45) is 0 Å². The molecule has 0 spiro atoms. The summed E-state index contributed by atoms with van der Waals surface area (Å²) >= 11 is 0. The van der Waals surface area contributed by atoms with Crippen molar-refractivity contribution in [3.63, 3.8) is 0 Å². The van der Waals surface area contributed by atoms with Crippen LogP contribution in [-0.4, -0.2) is 21.5 Å². The number of benzene rings is 1. The molecule has 1 aromatic heterocycles. The third-order valence-electron chi connectivity index (χ3n) is 3.03. The highest BCUT2D eigenvalue weighted by Gasteiger charge is 2.12. The third-order valence-corrected chi connectivity index (χ3v) is 3.03. The van der Waals surface area contributed by atoms with Crippen LogP contribution < -0.4 is 0 Å². The van der Waals surface area contributed by atoms with E-state index in [0.717, 1.165) is 29.2 Å². The minimum atomic E-state index is 0.832. The van der Waals surface area contributed by atoms with Crippen molar-refractivity contribution in [3.05, 3.63) is 48.1 Å². The first kappa shape index (κ1) is 10.7. The van der Waals surface area contributed by atoms with Gasteiger partial charge in [0.15, 0.2) is 0 Å². The van der Waals surface area contributed by atoms with Crippen molar-refractivity contribution in [2.75, 3.05) is 7.05 Å². The molecule has 0 amide bonds. The van der Waals surface area contributed by atoms with Gasteiger partial charge in [-0.05, 0) is 12.1 Å². The summed E-state index contributed by atoms with van der Waals surface area (Å²) in [6, 6.07) is 7.90. The van der Waals surface area contributed by atoms with Gasteiger partial charge in [0.2, 0.25) is 0 Å². The molecule has 1 aromatic carbocycles. The minimum absolute atomic E-state index is 0.832. The van der Waals surface area contributed by atoms with Crippen LogP contribution in [-0.2, 0) is 6.54 Å². The molecule has 0 unspecified atom stereocenters. The monoisotopic (exact) mass is 235 g/mol. The summed E-state index contributed by atoms with van der Waals surface area (Å²) in [5, 5.41) is 0. The van der Waals surface area contributed by atoms with E-state index in [1.807, 2.05) is 49.9 Å². The van der Waals surface area contributed by atoms with Gasteiger partial charge in [-0.3, -0.25) is 0 Å². The molecule has 0 fully saturated rings. The fraction of sp³-hybridized carbons (Fsp3) is 0.133. The van der Waals surface area contributed by atoms with Crippen LogP contribution >= 0.6 is 0 Å². The van der Waals surface area contributed by atoms with E-state index in [4.69, 9.17) is 6.42 Å². The molecule has 0 bridgehead atoms. The number of hydrogen-bond donors (Lipinski definition) is 0. The molecule has 2 heterocycles. The molecule has 0 radical (unpaired) electrons. The Morgan fingerprint density at radius 3 is 2.72 bits per heavy atom. The largest absolute Gasteiger partial charge is 0.372 e. The maximum atomic E-state index is 5.35. The van der Waals surface area contributed by atoms with E-state index < -0.39 is 0 Å². The quantitative estimate of drug-likeness (QED) is 0.708. The maximum absolute atomic E-state index is 5.35. The van der Waals surface area contributed by atoms with Crippen molar-refractivity contribution in [1.29, 1.82) is 0 Å². The molecule has 88 valence electrons. The van der Waals surface area contributed by atoms with Gasteiger partial charge in [-0.2, -0.15) is 0 Å². The number of rotatable bonds is 1. The summed E-state index contributed by atoms with van der Waals surface area (Å²) in [7, 11) is 2.04.